The van der Waals surface area contributed by atoms with Crippen LogP contribution in [0.3, 0.4) is 0 Å². The number of nitro groups is 1. The first kappa shape index (κ1) is 13.1. The van der Waals surface area contributed by atoms with Crippen LogP contribution in [-0.2, 0) is 0 Å². The Hall–Kier alpha value is -2.34. The van der Waals surface area contributed by atoms with Crippen LogP contribution in [0.1, 0.15) is 0 Å². The van der Waals surface area contributed by atoms with Crippen molar-refractivity contribution in [2.75, 3.05) is 5.73 Å². The molecule has 0 aliphatic carbocycles. The topological polar surface area (TPSA) is 78.4 Å². The molecular formula is C12H8ClFN2O3. The van der Waals surface area contributed by atoms with E-state index >= 15 is 0 Å². The van der Waals surface area contributed by atoms with Gasteiger partial charge in [0.05, 0.1) is 15.6 Å². The number of ether oxygens (including phenoxy) is 1. The molecule has 0 saturated carbocycles. The molecule has 0 amide bonds. The molecule has 5 nitrogen and oxygen atoms in total. The maximum absolute atomic E-state index is 13.2. The van der Waals surface area contributed by atoms with Crippen LogP contribution in [0.25, 0.3) is 0 Å². The second-order valence-electron chi connectivity index (χ2n) is 3.66. The van der Waals surface area contributed by atoms with Crippen LogP contribution < -0.4 is 10.5 Å². The molecular weight excluding hydrogens is 275 g/mol. The zero-order valence-corrected chi connectivity index (χ0v) is 10.2. The molecule has 0 aliphatic heterocycles. The molecule has 0 unspecified atom stereocenters. The molecule has 0 saturated heterocycles. The van der Waals surface area contributed by atoms with Gasteiger partial charge in [-0.25, -0.2) is 4.39 Å². The minimum absolute atomic E-state index is 0.0241. The summed E-state index contributed by atoms with van der Waals surface area (Å²) >= 11 is 5.54. The molecule has 0 atom stereocenters. The third kappa shape index (κ3) is 2.92. The van der Waals surface area contributed by atoms with Crippen molar-refractivity contribution >= 4 is 23.0 Å². The number of nitrogen functional groups attached to an aromatic ring is 1. The smallest absolute Gasteiger partial charge is 0.271 e. The van der Waals surface area contributed by atoms with E-state index in [2.05, 4.69) is 0 Å². The third-order valence-electron chi connectivity index (χ3n) is 2.32. The summed E-state index contributed by atoms with van der Waals surface area (Å²) in [6, 6.07) is 7.67. The van der Waals surface area contributed by atoms with Crippen molar-refractivity contribution in [2.24, 2.45) is 0 Å². The number of hydrogen-bond acceptors (Lipinski definition) is 4. The quantitative estimate of drug-likeness (QED) is 0.528. The maximum Gasteiger partial charge on any atom is 0.271 e. The number of halogens is 2. The van der Waals surface area contributed by atoms with Gasteiger partial charge in [-0.3, -0.25) is 10.1 Å². The number of nitro benzene ring substituents is 1. The summed E-state index contributed by atoms with van der Waals surface area (Å²) in [5, 5.41) is 10.5. The SMILES string of the molecule is Nc1cc([N+](=O)[O-])ccc1Oc1ccc(Cl)c(F)c1. The van der Waals surface area contributed by atoms with Gasteiger partial charge in [0.15, 0.2) is 5.75 Å². The van der Waals surface area contributed by atoms with E-state index in [9.17, 15) is 14.5 Å². The number of nitrogens with zero attached hydrogens (tertiary/aromatic N) is 1. The molecule has 2 aromatic carbocycles. The first-order valence-electron chi connectivity index (χ1n) is 5.14. The monoisotopic (exact) mass is 282 g/mol. The molecule has 98 valence electrons. The van der Waals surface area contributed by atoms with Gasteiger partial charge in [0.1, 0.15) is 11.6 Å². The van der Waals surface area contributed by atoms with Gasteiger partial charge in [-0.1, -0.05) is 11.6 Å². The highest BCUT2D eigenvalue weighted by molar-refractivity contribution is 6.30. The fourth-order valence-corrected chi connectivity index (χ4v) is 1.53. The summed E-state index contributed by atoms with van der Waals surface area (Å²) in [5.41, 5.74) is 5.57. The van der Waals surface area contributed by atoms with Gasteiger partial charge in [0.25, 0.3) is 5.69 Å². The Bertz CT molecular complexity index is 649. The average molecular weight is 283 g/mol. The van der Waals surface area contributed by atoms with Crippen LogP contribution in [-0.4, -0.2) is 4.92 Å². The van der Waals surface area contributed by atoms with Gasteiger partial charge in [0, 0.05) is 18.2 Å². The minimum atomic E-state index is -0.625. The number of non-ortho nitro benzene ring substituents is 1. The number of nitrogens with two attached hydrogens (primary N) is 1. The first-order valence-corrected chi connectivity index (χ1v) is 5.52. The van der Waals surface area contributed by atoms with Crippen molar-refractivity contribution in [2.45, 2.75) is 0 Å². The molecule has 2 aromatic rings. The fourth-order valence-electron chi connectivity index (χ4n) is 1.41. The van der Waals surface area contributed by atoms with Crippen LogP contribution in [0, 0.1) is 15.9 Å². The lowest BCUT2D eigenvalue weighted by atomic mass is 10.2. The molecule has 0 fully saturated rings. The highest BCUT2D eigenvalue weighted by Crippen LogP contribution is 2.31. The molecule has 19 heavy (non-hydrogen) atoms. The van der Waals surface area contributed by atoms with Crippen molar-refractivity contribution in [3.05, 3.63) is 57.4 Å². The number of anilines is 1. The zero-order valence-electron chi connectivity index (χ0n) is 9.47. The summed E-state index contributed by atoms with van der Waals surface area (Å²) in [4.78, 5) is 9.98. The standard InChI is InChI=1S/C12H8ClFN2O3/c13-9-3-2-8(6-10(9)14)19-12-4-1-7(16(17)18)5-11(12)15/h1-6H,15H2. The average Bonchev–Trinajstić information content (AvgIpc) is 2.36. The molecule has 0 aromatic heterocycles. The van der Waals surface area contributed by atoms with Gasteiger partial charge in [-0.15, -0.1) is 0 Å². The Balaban J connectivity index is 2.28. The van der Waals surface area contributed by atoms with Crippen LogP contribution in [0.4, 0.5) is 15.8 Å². The lowest BCUT2D eigenvalue weighted by Gasteiger charge is -2.08. The normalized spacial score (nSPS) is 10.2. The highest BCUT2D eigenvalue weighted by atomic mass is 35.5. The maximum atomic E-state index is 13.2. The Morgan fingerprint density at radius 3 is 2.58 bits per heavy atom. The van der Waals surface area contributed by atoms with E-state index in [0.29, 0.717) is 0 Å². The lowest BCUT2D eigenvalue weighted by molar-refractivity contribution is -0.384. The fraction of sp³-hybridized carbons (Fsp3) is 0. The first-order chi connectivity index (χ1) is 8.97. The summed E-state index contributed by atoms with van der Waals surface area (Å²) in [5.74, 6) is -0.227. The Kier molecular flexibility index (Phi) is 3.52. The van der Waals surface area contributed by atoms with Crippen molar-refractivity contribution in [1.82, 2.24) is 0 Å². The molecule has 0 aliphatic rings. The second-order valence-corrected chi connectivity index (χ2v) is 4.06. The number of hydrogen-bond donors (Lipinski definition) is 1. The van der Waals surface area contributed by atoms with Gasteiger partial charge >= 0.3 is 0 Å². The molecule has 0 spiro atoms. The van der Waals surface area contributed by atoms with Gasteiger partial charge in [-0.05, 0) is 18.2 Å². The second kappa shape index (κ2) is 5.11. The largest absolute Gasteiger partial charge is 0.455 e. The van der Waals surface area contributed by atoms with Gasteiger partial charge in [-0.2, -0.15) is 0 Å². The predicted molar refractivity (Wildman–Crippen MR) is 69.0 cm³/mol. The van der Waals surface area contributed by atoms with Crippen molar-refractivity contribution in [3.63, 3.8) is 0 Å². The molecule has 0 heterocycles. The number of rotatable bonds is 3. The zero-order chi connectivity index (χ0) is 14.0. The van der Waals surface area contributed by atoms with Crippen LogP contribution in [0.15, 0.2) is 36.4 Å². The van der Waals surface area contributed by atoms with Crippen molar-refractivity contribution < 1.29 is 14.1 Å². The van der Waals surface area contributed by atoms with Crippen molar-refractivity contribution in [3.8, 4) is 11.5 Å². The molecule has 0 radical (unpaired) electrons. The third-order valence-corrected chi connectivity index (χ3v) is 2.63. The summed E-state index contributed by atoms with van der Waals surface area (Å²) < 4.78 is 18.6. The Morgan fingerprint density at radius 2 is 2.00 bits per heavy atom. The Morgan fingerprint density at radius 1 is 1.26 bits per heavy atom. The van der Waals surface area contributed by atoms with Crippen LogP contribution in [0.2, 0.25) is 5.02 Å². The molecule has 0 bridgehead atoms. The summed E-state index contributed by atoms with van der Waals surface area (Å²) in [6.07, 6.45) is 0. The van der Waals surface area contributed by atoms with E-state index < -0.39 is 10.7 Å². The van der Waals surface area contributed by atoms with E-state index in [1.807, 2.05) is 0 Å². The molecule has 2 rings (SSSR count). The van der Waals surface area contributed by atoms with Crippen molar-refractivity contribution in [1.29, 1.82) is 0 Å². The molecule has 2 N–H and O–H groups in total. The van der Waals surface area contributed by atoms with Gasteiger partial charge < -0.3 is 10.5 Å². The summed E-state index contributed by atoms with van der Waals surface area (Å²) in [7, 11) is 0. The molecule has 7 heteroatoms. The van der Waals surface area contributed by atoms with E-state index in [4.69, 9.17) is 22.1 Å². The highest BCUT2D eigenvalue weighted by Gasteiger charge is 2.11. The van der Waals surface area contributed by atoms with E-state index in [0.717, 1.165) is 6.07 Å². The van der Waals surface area contributed by atoms with E-state index in [-0.39, 0.29) is 27.9 Å². The van der Waals surface area contributed by atoms with E-state index in [1.165, 1.54) is 30.3 Å². The lowest BCUT2D eigenvalue weighted by Crippen LogP contribution is -1.95. The Labute approximate surface area is 112 Å². The van der Waals surface area contributed by atoms with Crippen LogP contribution >= 0.6 is 11.6 Å². The number of benzene rings is 2. The predicted octanol–water partition coefficient (Wildman–Crippen LogP) is 3.76. The van der Waals surface area contributed by atoms with E-state index in [1.54, 1.807) is 0 Å². The van der Waals surface area contributed by atoms with Gasteiger partial charge in [0.2, 0.25) is 0 Å². The van der Waals surface area contributed by atoms with Crippen LogP contribution in [0.5, 0.6) is 11.5 Å². The minimum Gasteiger partial charge on any atom is -0.455 e. The summed E-state index contributed by atoms with van der Waals surface area (Å²) in [6.45, 7) is 0.